The maximum atomic E-state index is 13.1. The highest BCUT2D eigenvalue weighted by Crippen LogP contribution is 2.35. The van der Waals surface area contributed by atoms with Crippen molar-refractivity contribution in [2.24, 2.45) is 4.99 Å². The molecule has 0 bridgehead atoms. The second-order valence-corrected chi connectivity index (χ2v) is 8.03. The van der Waals surface area contributed by atoms with E-state index in [4.69, 9.17) is 14.2 Å². The van der Waals surface area contributed by atoms with Crippen molar-refractivity contribution in [2.45, 2.75) is 32.1 Å². The van der Waals surface area contributed by atoms with Crippen molar-refractivity contribution < 1.29 is 33.4 Å². The van der Waals surface area contributed by atoms with E-state index in [1.807, 2.05) is 0 Å². The number of rotatable bonds is 9. The molecular formula is C22H24N4O7S. The number of amidine groups is 1. The van der Waals surface area contributed by atoms with Crippen LogP contribution in [0, 0.1) is 0 Å². The van der Waals surface area contributed by atoms with Crippen molar-refractivity contribution in [3.8, 4) is 0 Å². The van der Waals surface area contributed by atoms with Gasteiger partial charge in [-0.3, -0.25) is 19.3 Å². The number of amides is 1. The number of carbonyl (C=O) groups excluding carboxylic acids is 4. The fourth-order valence-electron chi connectivity index (χ4n) is 3.14. The molecular weight excluding hydrogens is 464 g/mol. The van der Waals surface area contributed by atoms with E-state index >= 15 is 0 Å². The molecule has 0 saturated carbocycles. The van der Waals surface area contributed by atoms with Crippen molar-refractivity contribution in [1.82, 2.24) is 9.55 Å². The number of nitrogens with zero attached hydrogens (tertiary/aromatic N) is 4. The molecule has 12 heteroatoms. The summed E-state index contributed by atoms with van der Waals surface area (Å²) < 4.78 is 16.1. The number of imidazole rings is 1. The van der Waals surface area contributed by atoms with Gasteiger partial charge < -0.3 is 18.8 Å². The number of ether oxygens (including phenoxy) is 3. The van der Waals surface area contributed by atoms with Crippen LogP contribution in [0.2, 0.25) is 0 Å². The predicted octanol–water partition coefficient (Wildman–Crippen LogP) is 2.32. The predicted molar refractivity (Wildman–Crippen MR) is 124 cm³/mol. The number of hydrogen-bond acceptors (Lipinski definition) is 10. The molecule has 34 heavy (non-hydrogen) atoms. The summed E-state index contributed by atoms with van der Waals surface area (Å²) in [6.45, 7) is 3.34. The number of methoxy groups -OCH3 is 1. The number of aliphatic imine (C=N–C) groups is 1. The first-order valence-electron chi connectivity index (χ1n) is 10.5. The van der Waals surface area contributed by atoms with Gasteiger partial charge in [0, 0.05) is 0 Å². The van der Waals surface area contributed by atoms with E-state index in [2.05, 4.69) is 9.98 Å². The second-order valence-electron chi connectivity index (χ2n) is 6.86. The van der Waals surface area contributed by atoms with Gasteiger partial charge >= 0.3 is 17.9 Å². The molecule has 1 aliphatic rings. The van der Waals surface area contributed by atoms with Crippen molar-refractivity contribution in [3.63, 3.8) is 0 Å². The molecule has 1 atom stereocenters. The second kappa shape index (κ2) is 11.5. The molecule has 1 aliphatic heterocycles. The molecule has 1 aromatic carbocycles. The largest absolute Gasteiger partial charge is 0.469 e. The van der Waals surface area contributed by atoms with Crippen molar-refractivity contribution in [3.05, 3.63) is 42.4 Å². The van der Waals surface area contributed by atoms with Crippen LogP contribution in [-0.2, 0) is 35.1 Å². The minimum absolute atomic E-state index is 0.0299. The summed E-state index contributed by atoms with van der Waals surface area (Å²) in [5, 5.41) is -0.545. The Morgan fingerprint density at radius 3 is 2.44 bits per heavy atom. The molecule has 0 spiro atoms. The number of aromatic nitrogens is 2. The molecule has 2 heterocycles. The van der Waals surface area contributed by atoms with E-state index in [1.54, 1.807) is 44.2 Å². The number of anilines is 1. The van der Waals surface area contributed by atoms with E-state index in [0.717, 1.165) is 11.8 Å². The Hall–Kier alpha value is -3.67. The molecule has 1 fully saturated rings. The van der Waals surface area contributed by atoms with Crippen molar-refractivity contribution >= 4 is 52.2 Å². The van der Waals surface area contributed by atoms with Crippen molar-refractivity contribution in [2.75, 3.05) is 25.2 Å². The van der Waals surface area contributed by atoms with Crippen LogP contribution < -0.4 is 4.90 Å². The van der Waals surface area contributed by atoms with Gasteiger partial charge in [0.05, 0.1) is 38.8 Å². The Kier molecular flexibility index (Phi) is 8.41. The number of esters is 3. The fourth-order valence-corrected chi connectivity index (χ4v) is 4.26. The summed E-state index contributed by atoms with van der Waals surface area (Å²) in [7, 11) is 1.25. The zero-order chi connectivity index (χ0) is 24.7. The molecule has 3 rings (SSSR count). The standard InChI is InChI=1S/C22H24N4O7S/c1-4-32-17(28)12-25-13-23-19(18(25)21(30)33-5-2)24-22-26(14-9-7-6-8-10-14)20(29)15(34-22)11-16(27)31-3/h6-10,13,15H,4-5,11-12H2,1-3H3. The van der Waals surface area contributed by atoms with E-state index < -0.39 is 23.2 Å². The Morgan fingerprint density at radius 2 is 1.79 bits per heavy atom. The minimum Gasteiger partial charge on any atom is -0.469 e. The number of carbonyl (C=O) groups is 4. The first-order valence-corrected chi connectivity index (χ1v) is 11.4. The van der Waals surface area contributed by atoms with E-state index in [9.17, 15) is 19.2 Å². The highest BCUT2D eigenvalue weighted by Gasteiger charge is 2.41. The highest BCUT2D eigenvalue weighted by atomic mass is 32.2. The van der Waals surface area contributed by atoms with Gasteiger partial charge in [0.1, 0.15) is 11.8 Å². The number of thioether (sulfide) groups is 1. The lowest BCUT2D eigenvalue weighted by Crippen LogP contribution is -2.32. The Bertz CT molecular complexity index is 1100. The summed E-state index contributed by atoms with van der Waals surface area (Å²) in [5.41, 5.74) is 0.481. The molecule has 11 nitrogen and oxygen atoms in total. The molecule has 1 unspecified atom stereocenters. The third-order valence-corrected chi connectivity index (χ3v) is 5.76. The molecule has 0 aliphatic carbocycles. The molecule has 1 aromatic heterocycles. The zero-order valence-electron chi connectivity index (χ0n) is 18.9. The summed E-state index contributed by atoms with van der Waals surface area (Å²) in [4.78, 5) is 59.6. The molecule has 0 N–H and O–H groups in total. The lowest BCUT2D eigenvalue weighted by molar-refractivity contribution is -0.144. The summed E-state index contributed by atoms with van der Waals surface area (Å²) in [5.74, 6) is -2.21. The normalized spacial score (nSPS) is 16.6. The summed E-state index contributed by atoms with van der Waals surface area (Å²) in [6.07, 6.45) is 1.13. The molecule has 1 saturated heterocycles. The van der Waals surface area contributed by atoms with E-state index in [0.29, 0.717) is 5.69 Å². The quantitative estimate of drug-likeness (QED) is 0.386. The maximum absolute atomic E-state index is 13.1. The van der Waals surface area contributed by atoms with E-state index in [-0.39, 0.29) is 48.8 Å². The Balaban J connectivity index is 2.04. The molecule has 1 amide bonds. The van der Waals surface area contributed by atoms with Crippen LogP contribution in [0.25, 0.3) is 0 Å². The highest BCUT2D eigenvalue weighted by molar-refractivity contribution is 8.16. The minimum atomic E-state index is -0.765. The van der Waals surface area contributed by atoms with Gasteiger partial charge in [-0.05, 0) is 26.0 Å². The average Bonchev–Trinajstić information content (AvgIpc) is 3.34. The van der Waals surface area contributed by atoms with Gasteiger partial charge in [0.2, 0.25) is 5.91 Å². The van der Waals surface area contributed by atoms with Gasteiger partial charge in [-0.1, -0.05) is 30.0 Å². The lowest BCUT2D eigenvalue weighted by Gasteiger charge is -2.16. The fraction of sp³-hybridized carbons (Fsp3) is 0.364. The van der Waals surface area contributed by atoms with E-state index in [1.165, 1.54) is 22.9 Å². The topological polar surface area (TPSA) is 129 Å². The van der Waals surface area contributed by atoms with Crippen LogP contribution >= 0.6 is 11.8 Å². The van der Waals surface area contributed by atoms with Gasteiger partial charge in [-0.25, -0.2) is 14.8 Å². The average molecular weight is 489 g/mol. The van der Waals surface area contributed by atoms with Gasteiger partial charge in [-0.15, -0.1) is 0 Å². The monoisotopic (exact) mass is 488 g/mol. The molecule has 0 radical (unpaired) electrons. The third-order valence-electron chi connectivity index (χ3n) is 4.62. The number of benzene rings is 1. The number of hydrogen-bond donors (Lipinski definition) is 0. The number of para-hydroxylation sites is 1. The van der Waals surface area contributed by atoms with Crippen LogP contribution in [0.15, 0.2) is 41.7 Å². The smallest absolute Gasteiger partial charge is 0.358 e. The first-order chi connectivity index (χ1) is 16.4. The van der Waals surface area contributed by atoms with Gasteiger partial charge in [0.25, 0.3) is 0 Å². The maximum Gasteiger partial charge on any atom is 0.358 e. The third kappa shape index (κ3) is 5.63. The van der Waals surface area contributed by atoms with Crippen molar-refractivity contribution in [1.29, 1.82) is 0 Å². The van der Waals surface area contributed by atoms with Crippen LogP contribution in [-0.4, -0.2) is 64.1 Å². The summed E-state index contributed by atoms with van der Waals surface area (Å²) >= 11 is 1.06. The van der Waals surface area contributed by atoms with Crippen LogP contribution in [0.4, 0.5) is 11.5 Å². The van der Waals surface area contributed by atoms with Gasteiger partial charge in [0.15, 0.2) is 16.7 Å². The van der Waals surface area contributed by atoms with Crippen LogP contribution in [0.3, 0.4) is 0 Å². The molecule has 2 aromatic rings. The SMILES string of the molecule is CCOC(=O)Cn1cnc(N=C2SC(CC(=O)OC)C(=O)N2c2ccccc2)c1C(=O)OCC. The van der Waals surface area contributed by atoms with Gasteiger partial charge in [-0.2, -0.15) is 0 Å². The van der Waals surface area contributed by atoms with Crippen LogP contribution in [0.1, 0.15) is 30.8 Å². The summed E-state index contributed by atoms with van der Waals surface area (Å²) in [6, 6.07) is 8.77. The van der Waals surface area contributed by atoms with Crippen LogP contribution in [0.5, 0.6) is 0 Å². The molecule has 180 valence electrons. The zero-order valence-corrected chi connectivity index (χ0v) is 19.7. The first kappa shape index (κ1) is 25.0. The Labute approximate surface area is 200 Å². The lowest BCUT2D eigenvalue weighted by atomic mass is 10.2. The Morgan fingerprint density at radius 1 is 1.09 bits per heavy atom.